The summed E-state index contributed by atoms with van der Waals surface area (Å²) < 4.78 is 7.24. The molecule has 4 heterocycles. The van der Waals surface area contributed by atoms with Crippen molar-refractivity contribution < 1.29 is 4.74 Å². The molecule has 0 bridgehead atoms. The minimum Gasteiger partial charge on any atom is -0.497 e. The molecule has 3 aromatic rings. The van der Waals surface area contributed by atoms with Crippen LogP contribution in [0.3, 0.4) is 0 Å². The minimum absolute atomic E-state index is 0.0470. The maximum Gasteiger partial charge on any atom is 0.267 e. The van der Waals surface area contributed by atoms with Gasteiger partial charge in [-0.05, 0) is 57.1 Å². The van der Waals surface area contributed by atoms with Crippen molar-refractivity contribution in [2.75, 3.05) is 46.1 Å². The molecule has 1 saturated heterocycles. The Labute approximate surface area is 197 Å². The molecule has 0 amide bonds. The van der Waals surface area contributed by atoms with E-state index < -0.39 is 0 Å². The van der Waals surface area contributed by atoms with Crippen molar-refractivity contribution in [3.05, 3.63) is 45.1 Å². The third-order valence-electron chi connectivity index (χ3n) is 6.43. The predicted molar refractivity (Wildman–Crippen MR) is 133 cm³/mol. The Kier molecular flexibility index (Phi) is 6.55. The van der Waals surface area contributed by atoms with Crippen LogP contribution in [0, 0.1) is 0 Å². The fourth-order valence-electron chi connectivity index (χ4n) is 4.67. The van der Waals surface area contributed by atoms with Crippen LogP contribution in [0.1, 0.15) is 29.7 Å². The average molecular weight is 471 g/mol. The van der Waals surface area contributed by atoms with Crippen molar-refractivity contribution in [2.45, 2.75) is 37.4 Å². The summed E-state index contributed by atoms with van der Waals surface area (Å²) in [7, 11) is 3.79. The van der Waals surface area contributed by atoms with E-state index in [1.54, 1.807) is 34.8 Å². The molecule has 1 aromatic carbocycles. The molecule has 0 N–H and O–H groups in total. The number of rotatable bonds is 6. The average Bonchev–Trinajstić information content (AvgIpc) is 3.17. The number of nitrogens with zero attached hydrogens (tertiary/aromatic N) is 4. The van der Waals surface area contributed by atoms with Crippen LogP contribution in [0.15, 0.2) is 34.2 Å². The maximum absolute atomic E-state index is 13.9. The molecule has 0 spiro atoms. The van der Waals surface area contributed by atoms with E-state index in [9.17, 15) is 4.79 Å². The van der Waals surface area contributed by atoms with Crippen LogP contribution in [0.2, 0.25) is 0 Å². The number of ether oxygens (including phenoxy) is 1. The lowest BCUT2D eigenvalue weighted by atomic mass is 10.1. The van der Waals surface area contributed by atoms with Crippen LogP contribution in [0.5, 0.6) is 5.75 Å². The zero-order valence-electron chi connectivity index (χ0n) is 18.8. The number of aromatic nitrogens is 2. The van der Waals surface area contributed by atoms with Crippen LogP contribution in [0.4, 0.5) is 0 Å². The quantitative estimate of drug-likeness (QED) is 0.401. The Morgan fingerprint density at radius 3 is 2.84 bits per heavy atom. The van der Waals surface area contributed by atoms with Gasteiger partial charge in [-0.15, -0.1) is 11.3 Å². The van der Waals surface area contributed by atoms with Crippen molar-refractivity contribution in [1.82, 2.24) is 19.4 Å². The van der Waals surface area contributed by atoms with Crippen molar-refractivity contribution in [3.63, 3.8) is 0 Å². The summed E-state index contributed by atoms with van der Waals surface area (Å²) in [4.78, 5) is 25.9. The summed E-state index contributed by atoms with van der Waals surface area (Å²) in [6, 6.07) is 7.74. The van der Waals surface area contributed by atoms with E-state index in [0.29, 0.717) is 0 Å². The van der Waals surface area contributed by atoms with Gasteiger partial charge in [0, 0.05) is 36.3 Å². The second-order valence-corrected chi connectivity index (χ2v) is 10.8. The molecule has 0 saturated carbocycles. The molecule has 0 atom stereocenters. The monoisotopic (exact) mass is 470 g/mol. The molecule has 5 rings (SSSR count). The highest BCUT2D eigenvalue weighted by atomic mass is 32.2. The number of benzene rings is 1. The lowest BCUT2D eigenvalue weighted by molar-refractivity contribution is 0.242. The van der Waals surface area contributed by atoms with Crippen molar-refractivity contribution in [2.24, 2.45) is 0 Å². The molecular formula is C24H30N4O2S2. The summed E-state index contributed by atoms with van der Waals surface area (Å²) in [5.41, 5.74) is 2.06. The van der Waals surface area contributed by atoms with Crippen molar-refractivity contribution >= 4 is 33.3 Å². The summed E-state index contributed by atoms with van der Waals surface area (Å²) in [5.74, 6) is 1.67. The van der Waals surface area contributed by atoms with Crippen LogP contribution in [-0.4, -0.2) is 65.4 Å². The third kappa shape index (κ3) is 4.33. The SMILES string of the molecule is COc1cccc(-n2c(SCCN3CCCCC3)nc3sc4c(c3c2=O)CCN(C)C4)c1. The molecule has 6 nitrogen and oxygen atoms in total. The topological polar surface area (TPSA) is 50.6 Å². The number of hydrogen-bond acceptors (Lipinski definition) is 7. The summed E-state index contributed by atoms with van der Waals surface area (Å²) >= 11 is 3.38. The van der Waals surface area contributed by atoms with E-state index in [4.69, 9.17) is 9.72 Å². The molecule has 2 aliphatic heterocycles. The number of methoxy groups -OCH3 is 1. The smallest absolute Gasteiger partial charge is 0.267 e. The van der Waals surface area contributed by atoms with Crippen LogP contribution < -0.4 is 10.3 Å². The summed E-state index contributed by atoms with van der Waals surface area (Å²) in [6.45, 7) is 5.26. The number of thioether (sulfide) groups is 1. The van der Waals surface area contributed by atoms with E-state index in [0.717, 1.165) is 58.6 Å². The highest BCUT2D eigenvalue weighted by Gasteiger charge is 2.24. The first-order valence-electron chi connectivity index (χ1n) is 11.4. The largest absolute Gasteiger partial charge is 0.497 e. The maximum atomic E-state index is 13.9. The number of piperidine rings is 1. The first-order chi connectivity index (χ1) is 15.6. The molecule has 0 unspecified atom stereocenters. The first-order valence-corrected chi connectivity index (χ1v) is 13.2. The number of hydrogen-bond donors (Lipinski definition) is 0. The molecule has 1 fully saturated rings. The number of thiophene rings is 1. The molecule has 2 aliphatic rings. The van der Waals surface area contributed by atoms with Crippen LogP contribution >= 0.6 is 23.1 Å². The molecule has 170 valence electrons. The highest BCUT2D eigenvalue weighted by Crippen LogP contribution is 2.34. The Bertz CT molecular complexity index is 1170. The van der Waals surface area contributed by atoms with E-state index in [-0.39, 0.29) is 5.56 Å². The van der Waals surface area contributed by atoms with Crippen LogP contribution in [0.25, 0.3) is 15.9 Å². The zero-order valence-corrected chi connectivity index (χ0v) is 20.4. The lowest BCUT2D eigenvalue weighted by Crippen LogP contribution is -2.31. The van der Waals surface area contributed by atoms with Crippen molar-refractivity contribution in [3.8, 4) is 11.4 Å². The zero-order chi connectivity index (χ0) is 22.1. The van der Waals surface area contributed by atoms with Gasteiger partial charge in [-0.1, -0.05) is 24.2 Å². The van der Waals surface area contributed by atoms with Gasteiger partial charge >= 0.3 is 0 Å². The summed E-state index contributed by atoms with van der Waals surface area (Å²) in [5, 5.41) is 1.58. The van der Waals surface area contributed by atoms with Gasteiger partial charge in [0.2, 0.25) is 0 Å². The fraction of sp³-hybridized carbons (Fsp3) is 0.500. The van der Waals surface area contributed by atoms with E-state index in [1.807, 2.05) is 24.3 Å². The van der Waals surface area contributed by atoms with Gasteiger partial charge in [0.1, 0.15) is 10.6 Å². The Hall–Kier alpha value is -1.87. The van der Waals surface area contributed by atoms with Crippen molar-refractivity contribution in [1.29, 1.82) is 0 Å². The fourth-order valence-corrected chi connectivity index (χ4v) is 7.03. The van der Waals surface area contributed by atoms with Crippen LogP contribution in [-0.2, 0) is 13.0 Å². The van der Waals surface area contributed by atoms with Gasteiger partial charge in [0.05, 0.1) is 18.2 Å². The Morgan fingerprint density at radius 2 is 2.03 bits per heavy atom. The second kappa shape index (κ2) is 9.55. The Morgan fingerprint density at radius 1 is 1.19 bits per heavy atom. The second-order valence-electron chi connectivity index (χ2n) is 8.66. The first kappa shape index (κ1) is 21.9. The Balaban J connectivity index is 1.56. The number of likely N-dealkylation sites (tertiary alicyclic amines) is 1. The highest BCUT2D eigenvalue weighted by molar-refractivity contribution is 7.99. The molecule has 0 aliphatic carbocycles. The predicted octanol–water partition coefficient (Wildman–Crippen LogP) is 4.02. The van der Waals surface area contributed by atoms with Gasteiger partial charge in [0.25, 0.3) is 5.56 Å². The van der Waals surface area contributed by atoms with E-state index in [2.05, 4.69) is 16.8 Å². The molecular weight excluding hydrogens is 440 g/mol. The van der Waals surface area contributed by atoms with E-state index in [1.165, 1.54) is 42.8 Å². The molecule has 8 heteroatoms. The van der Waals surface area contributed by atoms with Gasteiger partial charge in [-0.2, -0.15) is 0 Å². The van der Waals surface area contributed by atoms with Gasteiger partial charge < -0.3 is 14.5 Å². The molecule has 2 aromatic heterocycles. The third-order valence-corrected chi connectivity index (χ3v) is 8.46. The number of likely N-dealkylation sites (N-methyl/N-ethyl adjacent to an activating group) is 1. The minimum atomic E-state index is 0.0470. The standard InChI is InChI=1S/C24H30N4O2S2/c1-26-12-9-19-20(16-26)32-22-21(19)23(29)28(17-7-6-8-18(15-17)30-2)24(25-22)31-14-13-27-10-4-3-5-11-27/h6-8,15H,3-5,9-14,16H2,1-2H3. The molecule has 0 radical (unpaired) electrons. The summed E-state index contributed by atoms with van der Waals surface area (Å²) in [6.07, 6.45) is 4.83. The van der Waals surface area contributed by atoms with E-state index >= 15 is 0 Å². The number of fused-ring (bicyclic) bond motifs is 3. The normalized spacial score (nSPS) is 17.6. The van der Waals surface area contributed by atoms with Gasteiger partial charge in [-0.3, -0.25) is 9.36 Å². The molecule has 32 heavy (non-hydrogen) atoms. The van der Waals surface area contributed by atoms with Gasteiger partial charge in [0.15, 0.2) is 5.16 Å². The lowest BCUT2D eigenvalue weighted by Gasteiger charge is -2.26. The van der Waals surface area contributed by atoms with Gasteiger partial charge in [-0.25, -0.2) is 4.98 Å².